The number of rotatable bonds is 12. The van der Waals surface area contributed by atoms with Crippen LogP contribution in [0.1, 0.15) is 26.7 Å². The topological polar surface area (TPSA) is 105 Å². The number of carbonyl (C=O) groups excluding carboxylic acids is 2. The van der Waals surface area contributed by atoms with E-state index in [1.807, 2.05) is 18.7 Å². The number of ketones is 1. The van der Waals surface area contributed by atoms with Crippen LogP contribution in [0.15, 0.2) is 0 Å². The predicted molar refractivity (Wildman–Crippen MR) is 91.4 cm³/mol. The van der Waals surface area contributed by atoms with Gasteiger partial charge in [-0.15, -0.1) is 0 Å². The lowest BCUT2D eigenvalue weighted by molar-refractivity contribution is -0.150. The maximum absolute atomic E-state index is 12.4. The summed E-state index contributed by atoms with van der Waals surface area (Å²) in [6, 6.07) is -1.32. The van der Waals surface area contributed by atoms with Gasteiger partial charge in [-0.2, -0.15) is 8.78 Å². The molecule has 10 heteroatoms. The highest BCUT2D eigenvalue weighted by Gasteiger charge is 2.29. The summed E-state index contributed by atoms with van der Waals surface area (Å²) < 4.78 is 34.1. The molecule has 1 amide bonds. The number of hydrogen-bond acceptors (Lipinski definition) is 6. The predicted octanol–water partition coefficient (Wildman–Crippen LogP) is 0.749. The molecule has 1 rings (SSSR count). The molecule has 1 aliphatic rings. The summed E-state index contributed by atoms with van der Waals surface area (Å²) in [5.74, 6) is -3.18. The number of carbonyl (C=O) groups is 3. The van der Waals surface area contributed by atoms with Crippen LogP contribution in [0.2, 0.25) is 0 Å². The van der Waals surface area contributed by atoms with Crippen molar-refractivity contribution in [2.24, 2.45) is 11.8 Å². The molecule has 0 bridgehead atoms. The van der Waals surface area contributed by atoms with Crippen molar-refractivity contribution < 1.29 is 37.7 Å². The van der Waals surface area contributed by atoms with Gasteiger partial charge in [-0.3, -0.25) is 19.3 Å². The summed E-state index contributed by atoms with van der Waals surface area (Å²) in [5.41, 5.74) is 0. The number of ether oxygens (including phenoxy) is 2. The van der Waals surface area contributed by atoms with E-state index in [0.717, 1.165) is 0 Å². The molecule has 0 radical (unpaired) electrons. The Morgan fingerprint density at radius 3 is 2.37 bits per heavy atom. The third kappa shape index (κ3) is 9.73. The SMILES string of the molecule is CC(C)C[C@H](CC(=O)[C@H](COC(F)F)NC(=O)CN1CCOCC1)C(=O)O. The van der Waals surface area contributed by atoms with E-state index in [9.17, 15) is 28.3 Å². The highest BCUT2D eigenvalue weighted by molar-refractivity contribution is 5.91. The first-order valence-corrected chi connectivity index (χ1v) is 8.93. The zero-order chi connectivity index (χ0) is 20.4. The molecule has 1 aliphatic heterocycles. The lowest BCUT2D eigenvalue weighted by Gasteiger charge is -2.27. The van der Waals surface area contributed by atoms with E-state index < -0.39 is 42.8 Å². The molecule has 1 heterocycles. The van der Waals surface area contributed by atoms with Crippen molar-refractivity contribution in [3.05, 3.63) is 0 Å². The average Bonchev–Trinajstić information content (AvgIpc) is 2.58. The molecule has 0 aromatic rings. The number of amides is 1. The number of aliphatic carboxylic acids is 1. The van der Waals surface area contributed by atoms with Crippen LogP contribution in [-0.2, 0) is 23.9 Å². The summed E-state index contributed by atoms with van der Waals surface area (Å²) in [4.78, 5) is 37.8. The first kappa shape index (κ1) is 23.4. The normalized spacial score (nSPS) is 17.7. The van der Waals surface area contributed by atoms with Crippen molar-refractivity contribution in [3.63, 3.8) is 0 Å². The first-order chi connectivity index (χ1) is 12.7. The summed E-state index contributed by atoms with van der Waals surface area (Å²) in [5, 5.41) is 11.7. The van der Waals surface area contributed by atoms with E-state index in [1.165, 1.54) is 0 Å². The van der Waals surface area contributed by atoms with Gasteiger partial charge in [-0.05, 0) is 12.3 Å². The van der Waals surface area contributed by atoms with Crippen LogP contribution in [-0.4, -0.2) is 79.8 Å². The van der Waals surface area contributed by atoms with Crippen molar-refractivity contribution in [1.29, 1.82) is 0 Å². The molecular weight excluding hydrogens is 366 g/mol. The molecule has 0 aliphatic carbocycles. The maximum atomic E-state index is 12.4. The number of alkyl halides is 2. The number of hydrogen-bond donors (Lipinski definition) is 2. The lowest BCUT2D eigenvalue weighted by Crippen LogP contribution is -2.50. The maximum Gasteiger partial charge on any atom is 0.345 e. The summed E-state index contributed by atoms with van der Waals surface area (Å²) in [7, 11) is 0. The Hall–Kier alpha value is -1.65. The van der Waals surface area contributed by atoms with Crippen molar-refractivity contribution in [1.82, 2.24) is 10.2 Å². The van der Waals surface area contributed by atoms with Crippen LogP contribution in [0.4, 0.5) is 8.78 Å². The van der Waals surface area contributed by atoms with Gasteiger partial charge in [0, 0.05) is 19.5 Å². The Kier molecular flexibility index (Phi) is 10.3. The zero-order valence-corrected chi connectivity index (χ0v) is 15.7. The lowest BCUT2D eigenvalue weighted by atomic mass is 9.91. The molecular formula is C17H28F2N2O6. The number of carboxylic acids is 1. The van der Waals surface area contributed by atoms with E-state index in [2.05, 4.69) is 10.1 Å². The second-order valence-corrected chi connectivity index (χ2v) is 6.94. The van der Waals surface area contributed by atoms with Crippen LogP contribution < -0.4 is 5.32 Å². The van der Waals surface area contributed by atoms with E-state index in [1.54, 1.807) is 0 Å². The minimum atomic E-state index is -3.10. The van der Waals surface area contributed by atoms with E-state index >= 15 is 0 Å². The van der Waals surface area contributed by atoms with Crippen molar-refractivity contribution in [2.45, 2.75) is 39.3 Å². The summed E-state index contributed by atoms with van der Waals surface area (Å²) in [6.07, 6.45) is -0.0895. The highest BCUT2D eigenvalue weighted by Crippen LogP contribution is 2.17. The molecule has 0 spiro atoms. The Labute approximate surface area is 157 Å². The second kappa shape index (κ2) is 11.9. The van der Waals surface area contributed by atoms with Crippen LogP contribution in [0.25, 0.3) is 0 Å². The molecule has 2 N–H and O–H groups in total. The van der Waals surface area contributed by atoms with Gasteiger partial charge in [-0.1, -0.05) is 13.8 Å². The number of morpholine rings is 1. The largest absolute Gasteiger partial charge is 0.481 e. The fourth-order valence-corrected chi connectivity index (χ4v) is 2.81. The van der Waals surface area contributed by atoms with Crippen LogP contribution in [0.5, 0.6) is 0 Å². The van der Waals surface area contributed by atoms with E-state index in [0.29, 0.717) is 26.3 Å². The number of nitrogens with zero attached hydrogens (tertiary/aromatic N) is 1. The zero-order valence-electron chi connectivity index (χ0n) is 15.7. The monoisotopic (exact) mass is 394 g/mol. The minimum Gasteiger partial charge on any atom is -0.481 e. The molecule has 2 atom stereocenters. The molecule has 0 saturated carbocycles. The van der Waals surface area contributed by atoms with Crippen molar-refractivity contribution >= 4 is 17.7 Å². The van der Waals surface area contributed by atoms with Crippen molar-refractivity contribution in [3.8, 4) is 0 Å². The molecule has 0 aromatic carbocycles. The van der Waals surface area contributed by atoms with Gasteiger partial charge in [0.05, 0.1) is 32.3 Å². The molecule has 156 valence electrons. The number of nitrogens with one attached hydrogen (secondary N) is 1. The highest BCUT2D eigenvalue weighted by atomic mass is 19.3. The van der Waals surface area contributed by atoms with Crippen LogP contribution >= 0.6 is 0 Å². The fraction of sp³-hybridized carbons (Fsp3) is 0.824. The quantitative estimate of drug-likeness (QED) is 0.503. The van der Waals surface area contributed by atoms with Gasteiger partial charge >= 0.3 is 12.6 Å². The smallest absolute Gasteiger partial charge is 0.345 e. The van der Waals surface area contributed by atoms with Gasteiger partial charge in [-0.25, -0.2) is 0 Å². The number of Topliss-reactive ketones (excluding diaryl/α,β-unsaturated/α-hetero) is 1. The molecule has 0 unspecified atom stereocenters. The molecule has 8 nitrogen and oxygen atoms in total. The van der Waals surface area contributed by atoms with Crippen LogP contribution in [0, 0.1) is 11.8 Å². The minimum absolute atomic E-state index is 0.00380. The fourth-order valence-electron chi connectivity index (χ4n) is 2.81. The summed E-state index contributed by atoms with van der Waals surface area (Å²) >= 11 is 0. The summed E-state index contributed by atoms with van der Waals surface area (Å²) in [6.45, 7) is 1.91. The van der Waals surface area contributed by atoms with Gasteiger partial charge in [0.25, 0.3) is 0 Å². The first-order valence-electron chi connectivity index (χ1n) is 8.93. The van der Waals surface area contributed by atoms with Gasteiger partial charge < -0.3 is 19.9 Å². The Bertz CT molecular complexity index is 498. The van der Waals surface area contributed by atoms with Gasteiger partial charge in [0.2, 0.25) is 5.91 Å². The third-order valence-electron chi connectivity index (χ3n) is 4.14. The van der Waals surface area contributed by atoms with E-state index in [-0.39, 0.29) is 25.3 Å². The number of halogens is 2. The Balaban J connectivity index is 2.68. The molecule has 0 aromatic heterocycles. The number of carboxylic acid groups (broad SMARTS) is 1. The van der Waals surface area contributed by atoms with E-state index in [4.69, 9.17) is 4.74 Å². The van der Waals surface area contributed by atoms with Crippen molar-refractivity contribution in [2.75, 3.05) is 39.5 Å². The third-order valence-corrected chi connectivity index (χ3v) is 4.14. The standard InChI is InChI=1S/C17H28F2N2O6/c1-11(2)7-12(16(24)25)8-14(22)13(10-27-17(18)19)20-15(23)9-21-3-5-26-6-4-21/h11-13,17H,3-10H2,1-2H3,(H,20,23)(H,24,25)/t12-,13+/m1/s1. The molecule has 27 heavy (non-hydrogen) atoms. The Morgan fingerprint density at radius 2 is 1.85 bits per heavy atom. The second-order valence-electron chi connectivity index (χ2n) is 6.94. The van der Waals surface area contributed by atoms with Gasteiger partial charge in [0.15, 0.2) is 5.78 Å². The Morgan fingerprint density at radius 1 is 1.22 bits per heavy atom. The molecule has 1 fully saturated rings. The van der Waals surface area contributed by atoms with Gasteiger partial charge in [0.1, 0.15) is 6.04 Å². The average molecular weight is 394 g/mol. The van der Waals surface area contributed by atoms with Crippen LogP contribution in [0.3, 0.4) is 0 Å². The molecule has 1 saturated heterocycles.